The number of ether oxygens (including phenoxy) is 1. The van der Waals surface area contributed by atoms with Gasteiger partial charge in [0.05, 0.1) is 11.3 Å². The number of likely N-dealkylation sites (tertiary alicyclic amines) is 1. The molecule has 2 aromatic carbocycles. The zero-order valence-corrected chi connectivity index (χ0v) is 21.8. The first-order valence-corrected chi connectivity index (χ1v) is 12.9. The predicted octanol–water partition coefficient (Wildman–Crippen LogP) is 3.29. The number of carbonyl (C=O) groups excluding carboxylic acids is 3. The summed E-state index contributed by atoms with van der Waals surface area (Å²) in [6, 6.07) is 12.5. The van der Waals surface area contributed by atoms with Crippen LogP contribution in [-0.4, -0.2) is 72.3 Å². The summed E-state index contributed by atoms with van der Waals surface area (Å²) in [6.07, 6.45) is 1.96. The summed E-state index contributed by atoms with van der Waals surface area (Å²) in [5.41, 5.74) is 0.649. The first kappa shape index (κ1) is 25.0. The summed E-state index contributed by atoms with van der Waals surface area (Å²) in [5, 5.41) is 11.7. The normalized spacial score (nSPS) is 23.8. The number of amides is 2. The molecule has 0 aromatic heterocycles. The van der Waals surface area contributed by atoms with Gasteiger partial charge < -0.3 is 24.5 Å². The van der Waals surface area contributed by atoms with Crippen molar-refractivity contribution in [1.29, 1.82) is 0 Å². The van der Waals surface area contributed by atoms with E-state index in [0.717, 1.165) is 11.3 Å². The third-order valence-electron chi connectivity index (χ3n) is 7.41. The fraction of sp³-hybridized carbons (Fsp3) is 0.414. The van der Waals surface area contributed by atoms with E-state index >= 15 is 0 Å². The second-order valence-corrected chi connectivity index (χ2v) is 10.3. The molecule has 1 fully saturated rings. The number of aliphatic hydroxyl groups excluding tert-OH is 1. The van der Waals surface area contributed by atoms with Crippen molar-refractivity contribution >= 4 is 29.0 Å². The molecule has 1 N–H and O–H groups in total. The number of Topliss-reactive ketones (excluding diaryl/α,β-unsaturated/α-hetero) is 1. The van der Waals surface area contributed by atoms with E-state index in [2.05, 4.69) is 0 Å². The number of benzene rings is 2. The summed E-state index contributed by atoms with van der Waals surface area (Å²) in [5.74, 6) is -1.58. The largest absolute Gasteiger partial charge is 0.507 e. The highest BCUT2D eigenvalue weighted by Crippen LogP contribution is 2.53. The minimum atomic E-state index is -1.71. The van der Waals surface area contributed by atoms with Gasteiger partial charge in [0.25, 0.3) is 17.6 Å². The highest BCUT2D eigenvalue weighted by atomic mass is 16.5. The lowest BCUT2D eigenvalue weighted by Gasteiger charge is -2.34. The van der Waals surface area contributed by atoms with E-state index in [1.165, 1.54) is 4.90 Å². The van der Waals surface area contributed by atoms with Gasteiger partial charge in [-0.2, -0.15) is 0 Å². The maximum absolute atomic E-state index is 14.4. The van der Waals surface area contributed by atoms with Crippen molar-refractivity contribution in [1.82, 2.24) is 9.80 Å². The summed E-state index contributed by atoms with van der Waals surface area (Å²) < 4.78 is 5.79. The number of aliphatic hydroxyl groups is 1. The van der Waals surface area contributed by atoms with Gasteiger partial charge in [0.2, 0.25) is 0 Å². The zero-order valence-electron chi connectivity index (χ0n) is 21.8. The fourth-order valence-electron chi connectivity index (χ4n) is 5.87. The van der Waals surface area contributed by atoms with Crippen LogP contribution in [0, 0.1) is 0 Å². The Labute approximate surface area is 217 Å². The molecule has 8 heteroatoms. The van der Waals surface area contributed by atoms with Gasteiger partial charge in [-0.25, -0.2) is 0 Å². The Hall–Kier alpha value is -3.65. The van der Waals surface area contributed by atoms with E-state index in [9.17, 15) is 19.5 Å². The SMILES string of the molecule is CCCN1C(=O)C2(/C(=C(\O)c3ccc4c(c3)CC(C)O4)C(=O)C(=O)N2CCCN(C)C)c2ccccc21. The molecule has 1 spiro atoms. The smallest absolute Gasteiger partial charge is 0.296 e. The summed E-state index contributed by atoms with van der Waals surface area (Å²) in [4.78, 5) is 46.6. The highest BCUT2D eigenvalue weighted by molar-refractivity contribution is 6.50. The number of hydrogen-bond donors (Lipinski definition) is 1. The summed E-state index contributed by atoms with van der Waals surface area (Å²) in [7, 11) is 3.86. The average molecular weight is 504 g/mol. The maximum Gasteiger partial charge on any atom is 0.296 e. The van der Waals surface area contributed by atoms with E-state index in [1.807, 2.05) is 45.0 Å². The van der Waals surface area contributed by atoms with Gasteiger partial charge in [0.15, 0.2) is 5.54 Å². The molecule has 5 rings (SSSR count). The first-order valence-electron chi connectivity index (χ1n) is 12.9. The van der Waals surface area contributed by atoms with Crippen molar-refractivity contribution in [2.24, 2.45) is 0 Å². The van der Waals surface area contributed by atoms with Crippen molar-refractivity contribution in [2.75, 3.05) is 38.6 Å². The molecule has 2 unspecified atom stereocenters. The Balaban J connectivity index is 1.73. The van der Waals surface area contributed by atoms with Crippen molar-refractivity contribution in [3.63, 3.8) is 0 Å². The van der Waals surface area contributed by atoms with Crippen LogP contribution >= 0.6 is 0 Å². The maximum atomic E-state index is 14.4. The van der Waals surface area contributed by atoms with E-state index in [1.54, 1.807) is 35.2 Å². The molecule has 3 aliphatic rings. The number of para-hydroxylation sites is 1. The number of ketones is 1. The third-order valence-corrected chi connectivity index (χ3v) is 7.41. The lowest BCUT2D eigenvalue weighted by atomic mass is 9.81. The van der Waals surface area contributed by atoms with Crippen molar-refractivity contribution in [3.8, 4) is 5.75 Å². The quantitative estimate of drug-likeness (QED) is 0.354. The second-order valence-electron chi connectivity index (χ2n) is 10.3. The Morgan fingerprint density at radius 2 is 1.89 bits per heavy atom. The molecule has 0 bridgehead atoms. The Morgan fingerprint density at radius 1 is 1.14 bits per heavy atom. The van der Waals surface area contributed by atoms with Crippen molar-refractivity contribution < 1.29 is 24.2 Å². The monoisotopic (exact) mass is 503 g/mol. The van der Waals surface area contributed by atoms with E-state index in [-0.39, 0.29) is 29.9 Å². The van der Waals surface area contributed by atoms with E-state index in [4.69, 9.17) is 4.74 Å². The minimum absolute atomic E-state index is 0.0131. The molecule has 3 heterocycles. The molecule has 0 radical (unpaired) electrons. The zero-order chi connectivity index (χ0) is 26.5. The molecular weight excluding hydrogens is 470 g/mol. The standard InChI is InChI=1S/C29H33N3O5/c1-5-13-31-22-10-7-6-9-21(22)29(28(31)36)24(26(34)27(35)32(29)15-8-14-30(3)4)25(33)19-11-12-23-20(17-19)16-18(2)37-23/h6-7,9-12,17-18,33H,5,8,13-16H2,1-4H3/b25-24-. The number of hydrogen-bond acceptors (Lipinski definition) is 6. The molecule has 0 saturated carbocycles. The van der Waals surface area contributed by atoms with Gasteiger partial charge in [-0.1, -0.05) is 25.1 Å². The molecule has 194 valence electrons. The van der Waals surface area contributed by atoms with Crippen LogP contribution < -0.4 is 9.64 Å². The summed E-state index contributed by atoms with van der Waals surface area (Å²) >= 11 is 0. The fourth-order valence-corrected chi connectivity index (χ4v) is 5.87. The van der Waals surface area contributed by atoms with Crippen LogP contribution in [0.15, 0.2) is 48.0 Å². The van der Waals surface area contributed by atoms with Crippen LogP contribution in [0.25, 0.3) is 5.76 Å². The van der Waals surface area contributed by atoms with Crippen LogP contribution in [-0.2, 0) is 26.3 Å². The van der Waals surface area contributed by atoms with Gasteiger partial charge in [0, 0.05) is 30.6 Å². The van der Waals surface area contributed by atoms with Crippen LogP contribution in [0.1, 0.15) is 43.4 Å². The van der Waals surface area contributed by atoms with E-state index < -0.39 is 17.2 Å². The molecule has 3 aliphatic heterocycles. The van der Waals surface area contributed by atoms with Crippen molar-refractivity contribution in [2.45, 2.75) is 44.8 Å². The van der Waals surface area contributed by atoms with Gasteiger partial charge in [-0.3, -0.25) is 14.4 Å². The predicted molar refractivity (Wildman–Crippen MR) is 140 cm³/mol. The number of fused-ring (bicyclic) bond motifs is 3. The van der Waals surface area contributed by atoms with Crippen LogP contribution in [0.3, 0.4) is 0 Å². The molecule has 0 aliphatic carbocycles. The average Bonchev–Trinajstić information content (AvgIpc) is 3.44. The minimum Gasteiger partial charge on any atom is -0.507 e. The summed E-state index contributed by atoms with van der Waals surface area (Å²) in [6.45, 7) is 5.26. The van der Waals surface area contributed by atoms with Gasteiger partial charge in [-0.05, 0) is 70.2 Å². The van der Waals surface area contributed by atoms with Gasteiger partial charge in [-0.15, -0.1) is 0 Å². The van der Waals surface area contributed by atoms with Crippen LogP contribution in [0.2, 0.25) is 0 Å². The molecule has 37 heavy (non-hydrogen) atoms. The second kappa shape index (κ2) is 9.34. The first-order chi connectivity index (χ1) is 17.7. The third kappa shape index (κ3) is 3.73. The molecule has 2 atom stereocenters. The van der Waals surface area contributed by atoms with Crippen LogP contribution in [0.5, 0.6) is 5.75 Å². The Morgan fingerprint density at radius 3 is 2.62 bits per heavy atom. The van der Waals surface area contributed by atoms with Crippen LogP contribution in [0.4, 0.5) is 5.69 Å². The molecule has 8 nitrogen and oxygen atoms in total. The highest BCUT2D eigenvalue weighted by Gasteiger charge is 2.66. The lowest BCUT2D eigenvalue weighted by Crippen LogP contribution is -2.52. The molecular formula is C29H33N3O5. The Kier molecular flexibility index (Phi) is 6.31. The topological polar surface area (TPSA) is 90.4 Å². The number of carbonyl (C=O) groups is 3. The van der Waals surface area contributed by atoms with E-state index in [0.29, 0.717) is 49.2 Å². The Bertz CT molecular complexity index is 1320. The van der Waals surface area contributed by atoms with Gasteiger partial charge in [0.1, 0.15) is 17.6 Å². The van der Waals surface area contributed by atoms with Crippen molar-refractivity contribution in [3.05, 3.63) is 64.7 Å². The number of anilines is 1. The van der Waals surface area contributed by atoms with Gasteiger partial charge >= 0.3 is 0 Å². The molecule has 2 amide bonds. The molecule has 2 aromatic rings. The molecule has 1 saturated heterocycles. The number of rotatable bonds is 7. The number of nitrogens with zero attached hydrogens (tertiary/aromatic N) is 3. The lowest BCUT2D eigenvalue weighted by molar-refractivity contribution is -0.143.